The topological polar surface area (TPSA) is 90.1 Å². The Hall–Kier alpha value is -2.41. The lowest BCUT2D eigenvalue weighted by atomic mass is 9.84. The summed E-state index contributed by atoms with van der Waals surface area (Å²) < 4.78 is 0. The summed E-state index contributed by atoms with van der Waals surface area (Å²) in [6, 6.07) is 6.30. The van der Waals surface area contributed by atoms with E-state index in [1.54, 1.807) is 0 Å². The van der Waals surface area contributed by atoms with Crippen LogP contribution in [0.3, 0.4) is 0 Å². The molecular formula is C22H29N5O2. The minimum absolute atomic E-state index is 0.0537. The van der Waals surface area contributed by atoms with Crippen LogP contribution in [0.15, 0.2) is 18.2 Å². The summed E-state index contributed by atoms with van der Waals surface area (Å²) in [5.41, 5.74) is 2.16. The predicted octanol–water partition coefficient (Wildman–Crippen LogP) is 1.99. The number of carbonyl (C=O) groups is 2. The molecule has 4 heterocycles. The van der Waals surface area contributed by atoms with Crippen molar-refractivity contribution in [1.29, 1.82) is 0 Å². The molecule has 29 heavy (non-hydrogen) atoms. The predicted molar refractivity (Wildman–Crippen MR) is 111 cm³/mol. The lowest BCUT2D eigenvalue weighted by Crippen LogP contribution is -2.57. The van der Waals surface area contributed by atoms with E-state index in [1.165, 1.54) is 12.8 Å². The van der Waals surface area contributed by atoms with Crippen LogP contribution in [-0.4, -0.2) is 58.6 Å². The highest BCUT2D eigenvalue weighted by molar-refractivity contribution is 6.05. The molecule has 1 aromatic heterocycles. The molecule has 0 radical (unpaired) electrons. The highest BCUT2D eigenvalue weighted by Gasteiger charge is 2.35. The number of carbonyl (C=O) groups excluding carboxylic acids is 2. The molecule has 6 rings (SSSR count). The third-order valence-electron chi connectivity index (χ3n) is 6.90. The SMILES string of the molecule is O=C(Cc1ccc2[nH]nc(C(=O)N[C@H]3CN4CCC3CC4)c2c1)NC1CCCC1. The zero-order valence-corrected chi connectivity index (χ0v) is 16.7. The van der Waals surface area contributed by atoms with Crippen LogP contribution in [0.4, 0.5) is 0 Å². The van der Waals surface area contributed by atoms with Gasteiger partial charge in [0.15, 0.2) is 5.69 Å². The van der Waals surface area contributed by atoms with E-state index in [0.717, 1.165) is 61.8 Å². The number of rotatable bonds is 5. The zero-order valence-electron chi connectivity index (χ0n) is 16.7. The van der Waals surface area contributed by atoms with Gasteiger partial charge in [-0.05, 0) is 62.4 Å². The van der Waals surface area contributed by atoms with E-state index in [4.69, 9.17) is 0 Å². The van der Waals surface area contributed by atoms with Gasteiger partial charge in [-0.2, -0.15) is 5.10 Å². The standard InChI is InChI=1S/C22H29N5O2/c28-20(23-16-3-1-2-4-16)12-14-5-6-18-17(11-14)21(26-25-18)22(29)24-19-13-27-9-7-15(19)8-10-27/h5-6,11,15-16,19H,1-4,7-10,12-13H2,(H,23,28)(H,24,29)(H,25,26)/t19-/m0/s1. The molecule has 1 aliphatic carbocycles. The van der Waals surface area contributed by atoms with Crippen molar-refractivity contribution in [2.45, 2.75) is 57.0 Å². The number of nitrogens with one attached hydrogen (secondary N) is 3. The molecule has 3 N–H and O–H groups in total. The molecule has 0 unspecified atom stereocenters. The maximum absolute atomic E-state index is 12.9. The maximum Gasteiger partial charge on any atom is 0.272 e. The van der Waals surface area contributed by atoms with Gasteiger partial charge in [-0.15, -0.1) is 0 Å². The van der Waals surface area contributed by atoms with Crippen LogP contribution in [0.5, 0.6) is 0 Å². The molecule has 1 saturated carbocycles. The Labute approximate surface area is 170 Å². The molecule has 4 aliphatic rings. The fraction of sp³-hybridized carbons (Fsp3) is 0.591. The van der Waals surface area contributed by atoms with Gasteiger partial charge in [0.25, 0.3) is 5.91 Å². The molecule has 0 spiro atoms. The highest BCUT2D eigenvalue weighted by Crippen LogP contribution is 2.28. The number of piperidine rings is 3. The smallest absolute Gasteiger partial charge is 0.272 e. The van der Waals surface area contributed by atoms with Crippen molar-refractivity contribution < 1.29 is 9.59 Å². The van der Waals surface area contributed by atoms with Gasteiger partial charge in [0.2, 0.25) is 5.91 Å². The lowest BCUT2D eigenvalue weighted by molar-refractivity contribution is -0.121. The Bertz CT molecular complexity index is 909. The van der Waals surface area contributed by atoms with E-state index in [0.29, 0.717) is 24.1 Å². The third kappa shape index (κ3) is 3.88. The van der Waals surface area contributed by atoms with Crippen LogP contribution in [0.25, 0.3) is 10.9 Å². The molecule has 7 nitrogen and oxygen atoms in total. The Kier molecular flexibility index (Phi) is 4.99. The van der Waals surface area contributed by atoms with E-state index < -0.39 is 0 Å². The van der Waals surface area contributed by atoms with Gasteiger partial charge in [0, 0.05) is 24.0 Å². The summed E-state index contributed by atoms with van der Waals surface area (Å²) >= 11 is 0. The molecule has 4 fully saturated rings. The quantitative estimate of drug-likeness (QED) is 0.722. The summed E-state index contributed by atoms with van der Waals surface area (Å²) in [5, 5.41) is 14.4. The van der Waals surface area contributed by atoms with Crippen molar-refractivity contribution >= 4 is 22.7 Å². The molecule has 1 atom stereocenters. The number of aromatic amines is 1. The zero-order chi connectivity index (χ0) is 19.8. The van der Waals surface area contributed by atoms with Gasteiger partial charge in [0.05, 0.1) is 11.9 Å². The monoisotopic (exact) mass is 395 g/mol. The Morgan fingerprint density at radius 2 is 1.90 bits per heavy atom. The third-order valence-corrected chi connectivity index (χ3v) is 6.90. The average Bonchev–Trinajstić information content (AvgIpc) is 3.38. The first kappa shape index (κ1) is 18.6. The van der Waals surface area contributed by atoms with Gasteiger partial charge >= 0.3 is 0 Å². The molecule has 7 heteroatoms. The van der Waals surface area contributed by atoms with Crippen molar-refractivity contribution in [2.75, 3.05) is 19.6 Å². The first-order valence-corrected chi connectivity index (χ1v) is 11.0. The molecule has 154 valence electrons. The summed E-state index contributed by atoms with van der Waals surface area (Å²) in [6.45, 7) is 3.23. The largest absolute Gasteiger partial charge is 0.353 e. The Balaban J connectivity index is 1.28. The minimum atomic E-state index is -0.123. The number of benzene rings is 1. The molecule has 3 saturated heterocycles. The van der Waals surface area contributed by atoms with Crippen molar-refractivity contribution in [3.8, 4) is 0 Å². The van der Waals surface area contributed by atoms with Crippen molar-refractivity contribution in [1.82, 2.24) is 25.7 Å². The first-order chi connectivity index (χ1) is 14.2. The number of fused-ring (bicyclic) bond motifs is 4. The Morgan fingerprint density at radius 1 is 1.10 bits per heavy atom. The van der Waals surface area contributed by atoms with Crippen LogP contribution in [-0.2, 0) is 11.2 Å². The number of nitrogens with zero attached hydrogens (tertiary/aromatic N) is 2. The summed E-state index contributed by atoms with van der Waals surface area (Å²) in [5.74, 6) is 0.504. The van der Waals surface area contributed by atoms with Crippen molar-refractivity contribution in [3.63, 3.8) is 0 Å². The van der Waals surface area contributed by atoms with Crippen LogP contribution >= 0.6 is 0 Å². The fourth-order valence-corrected chi connectivity index (χ4v) is 5.24. The van der Waals surface area contributed by atoms with Crippen molar-refractivity contribution in [3.05, 3.63) is 29.5 Å². The van der Waals surface area contributed by atoms with Crippen LogP contribution in [0, 0.1) is 5.92 Å². The second-order valence-corrected chi connectivity index (χ2v) is 8.90. The maximum atomic E-state index is 12.9. The number of hydrogen-bond acceptors (Lipinski definition) is 4. The van der Waals surface area contributed by atoms with E-state index >= 15 is 0 Å². The molecule has 1 aromatic carbocycles. The number of aromatic nitrogens is 2. The second kappa shape index (κ2) is 7.78. The van der Waals surface area contributed by atoms with E-state index in [-0.39, 0.29) is 17.9 Å². The van der Waals surface area contributed by atoms with Crippen molar-refractivity contribution in [2.24, 2.45) is 5.92 Å². The summed E-state index contributed by atoms with van der Waals surface area (Å²) in [4.78, 5) is 27.7. The van der Waals surface area contributed by atoms with Gasteiger partial charge < -0.3 is 15.5 Å². The average molecular weight is 396 g/mol. The van der Waals surface area contributed by atoms with Crippen LogP contribution in [0.1, 0.15) is 54.6 Å². The molecule has 3 aliphatic heterocycles. The Morgan fingerprint density at radius 3 is 2.62 bits per heavy atom. The first-order valence-electron chi connectivity index (χ1n) is 11.0. The lowest BCUT2D eigenvalue weighted by Gasteiger charge is -2.44. The number of amides is 2. The fourth-order valence-electron chi connectivity index (χ4n) is 5.24. The van der Waals surface area contributed by atoms with Gasteiger partial charge in [-0.25, -0.2) is 0 Å². The van der Waals surface area contributed by atoms with Crippen LogP contribution in [0.2, 0.25) is 0 Å². The van der Waals surface area contributed by atoms with E-state index in [9.17, 15) is 9.59 Å². The molecule has 2 bridgehead atoms. The highest BCUT2D eigenvalue weighted by atomic mass is 16.2. The minimum Gasteiger partial charge on any atom is -0.353 e. The normalized spacial score (nSPS) is 26.7. The molecule has 2 amide bonds. The van der Waals surface area contributed by atoms with E-state index in [1.807, 2.05) is 18.2 Å². The number of hydrogen-bond donors (Lipinski definition) is 3. The second-order valence-electron chi connectivity index (χ2n) is 8.90. The van der Waals surface area contributed by atoms with E-state index in [2.05, 4.69) is 25.7 Å². The number of H-pyrrole nitrogens is 1. The van der Waals surface area contributed by atoms with Gasteiger partial charge in [-0.1, -0.05) is 18.9 Å². The molecular weight excluding hydrogens is 366 g/mol. The summed E-state index contributed by atoms with van der Waals surface area (Å²) in [6.07, 6.45) is 7.21. The van der Waals surface area contributed by atoms with Crippen LogP contribution < -0.4 is 10.6 Å². The summed E-state index contributed by atoms with van der Waals surface area (Å²) in [7, 11) is 0. The molecule has 2 aromatic rings. The van der Waals surface area contributed by atoms with Gasteiger partial charge in [0.1, 0.15) is 0 Å². The van der Waals surface area contributed by atoms with Gasteiger partial charge in [-0.3, -0.25) is 14.7 Å².